The standard InChI is InChI=1S/C13H13NO2S2/c1-3-16-12(15)9(2)8-17-13-14-10-6-4-5-7-11(10)18-13/h4-7H,2-3,8H2,1H3. The normalized spacial score (nSPS) is 10.5. The van der Waals surface area contributed by atoms with Gasteiger partial charge in [-0.05, 0) is 19.1 Å². The minimum absolute atomic E-state index is 0.328. The molecule has 0 aliphatic carbocycles. The first-order chi connectivity index (χ1) is 8.70. The topological polar surface area (TPSA) is 39.2 Å². The molecule has 0 radical (unpaired) electrons. The smallest absolute Gasteiger partial charge is 0.334 e. The summed E-state index contributed by atoms with van der Waals surface area (Å²) in [5, 5.41) is 0. The van der Waals surface area contributed by atoms with Crippen LogP contribution in [0.2, 0.25) is 0 Å². The van der Waals surface area contributed by atoms with E-state index in [9.17, 15) is 4.79 Å². The Morgan fingerprint density at radius 3 is 3.00 bits per heavy atom. The van der Waals surface area contributed by atoms with Gasteiger partial charge in [0.2, 0.25) is 0 Å². The summed E-state index contributed by atoms with van der Waals surface area (Å²) in [5.74, 6) is 0.185. The van der Waals surface area contributed by atoms with Gasteiger partial charge in [-0.15, -0.1) is 11.3 Å². The van der Waals surface area contributed by atoms with Crippen molar-refractivity contribution in [2.75, 3.05) is 12.4 Å². The maximum atomic E-state index is 11.4. The number of carbonyl (C=O) groups excluding carboxylic acids is 1. The van der Waals surface area contributed by atoms with Crippen LogP contribution >= 0.6 is 23.1 Å². The third-order valence-electron chi connectivity index (χ3n) is 2.21. The first-order valence-electron chi connectivity index (χ1n) is 5.54. The molecule has 0 amide bonds. The number of esters is 1. The number of carbonyl (C=O) groups is 1. The lowest BCUT2D eigenvalue weighted by atomic mass is 10.3. The molecule has 0 fully saturated rings. The van der Waals surface area contributed by atoms with Crippen molar-refractivity contribution >= 4 is 39.3 Å². The average molecular weight is 279 g/mol. The zero-order valence-electron chi connectivity index (χ0n) is 10.0. The fourth-order valence-electron chi connectivity index (χ4n) is 1.35. The van der Waals surface area contributed by atoms with Gasteiger partial charge in [0.05, 0.1) is 16.8 Å². The van der Waals surface area contributed by atoms with Crippen LogP contribution in [0.4, 0.5) is 0 Å². The van der Waals surface area contributed by atoms with Crippen LogP contribution in [-0.4, -0.2) is 23.3 Å². The third kappa shape index (κ3) is 3.11. The number of aromatic nitrogens is 1. The zero-order valence-corrected chi connectivity index (χ0v) is 11.6. The van der Waals surface area contributed by atoms with Gasteiger partial charge in [0.1, 0.15) is 0 Å². The van der Waals surface area contributed by atoms with E-state index < -0.39 is 0 Å². The Hall–Kier alpha value is -1.33. The summed E-state index contributed by atoms with van der Waals surface area (Å²) in [6.07, 6.45) is 0. The third-order valence-corrected chi connectivity index (χ3v) is 4.47. The number of thioether (sulfide) groups is 1. The van der Waals surface area contributed by atoms with Crippen LogP contribution in [0.5, 0.6) is 0 Å². The lowest BCUT2D eigenvalue weighted by Gasteiger charge is -2.02. The van der Waals surface area contributed by atoms with E-state index >= 15 is 0 Å². The summed E-state index contributed by atoms with van der Waals surface area (Å²) in [7, 11) is 0. The molecule has 5 heteroatoms. The van der Waals surface area contributed by atoms with Crippen LogP contribution < -0.4 is 0 Å². The van der Waals surface area contributed by atoms with E-state index in [0.29, 0.717) is 17.9 Å². The van der Waals surface area contributed by atoms with Crippen LogP contribution in [0, 0.1) is 0 Å². The van der Waals surface area contributed by atoms with Crippen LogP contribution in [0.15, 0.2) is 40.8 Å². The molecular weight excluding hydrogens is 266 g/mol. The van der Waals surface area contributed by atoms with Gasteiger partial charge < -0.3 is 4.74 Å². The van der Waals surface area contributed by atoms with Crippen molar-refractivity contribution in [1.82, 2.24) is 4.98 Å². The second kappa shape index (κ2) is 6.02. The molecule has 0 atom stereocenters. The second-order valence-corrected chi connectivity index (χ2v) is 5.81. The summed E-state index contributed by atoms with van der Waals surface area (Å²) < 4.78 is 6.98. The van der Waals surface area contributed by atoms with Gasteiger partial charge in [-0.25, -0.2) is 9.78 Å². The Morgan fingerprint density at radius 1 is 1.50 bits per heavy atom. The molecule has 0 bridgehead atoms. The van der Waals surface area contributed by atoms with Crippen LogP contribution in [0.25, 0.3) is 10.2 Å². The van der Waals surface area contributed by atoms with Crippen molar-refractivity contribution in [3.63, 3.8) is 0 Å². The molecular formula is C13H13NO2S2. The van der Waals surface area contributed by atoms with Gasteiger partial charge in [-0.3, -0.25) is 0 Å². The Bertz CT molecular complexity index is 544. The number of ether oxygens (including phenoxy) is 1. The van der Waals surface area contributed by atoms with Gasteiger partial charge in [0, 0.05) is 11.3 Å². The Morgan fingerprint density at radius 2 is 2.28 bits per heavy atom. The molecule has 94 valence electrons. The predicted molar refractivity (Wildman–Crippen MR) is 76.1 cm³/mol. The fourth-order valence-corrected chi connectivity index (χ4v) is 3.31. The van der Waals surface area contributed by atoms with Crippen LogP contribution in [0.1, 0.15) is 6.92 Å². The van der Waals surface area contributed by atoms with Crippen molar-refractivity contribution < 1.29 is 9.53 Å². The maximum Gasteiger partial charge on any atom is 0.334 e. The number of thiazole rings is 1. The Kier molecular flexibility index (Phi) is 4.38. The Labute approximate surface area is 114 Å². The summed E-state index contributed by atoms with van der Waals surface area (Å²) in [5.41, 5.74) is 1.47. The monoisotopic (exact) mass is 279 g/mol. The maximum absolute atomic E-state index is 11.4. The molecule has 1 heterocycles. The molecule has 0 saturated carbocycles. The summed E-state index contributed by atoms with van der Waals surface area (Å²) in [6, 6.07) is 7.98. The number of benzene rings is 1. The van der Waals surface area contributed by atoms with Gasteiger partial charge >= 0.3 is 5.97 Å². The zero-order chi connectivity index (χ0) is 13.0. The van der Waals surface area contributed by atoms with E-state index in [1.54, 1.807) is 18.3 Å². The van der Waals surface area contributed by atoms with Crippen molar-refractivity contribution in [1.29, 1.82) is 0 Å². The molecule has 0 spiro atoms. The predicted octanol–water partition coefficient (Wildman–Crippen LogP) is 3.51. The molecule has 0 aliphatic heterocycles. The lowest BCUT2D eigenvalue weighted by Crippen LogP contribution is -2.08. The fraction of sp³-hybridized carbons (Fsp3) is 0.231. The first-order valence-corrected chi connectivity index (χ1v) is 7.34. The summed E-state index contributed by atoms with van der Waals surface area (Å²) in [6.45, 7) is 5.89. The second-order valence-electron chi connectivity index (χ2n) is 3.56. The molecule has 3 nitrogen and oxygen atoms in total. The van der Waals surface area contributed by atoms with Crippen molar-refractivity contribution in [2.24, 2.45) is 0 Å². The minimum atomic E-state index is -0.328. The highest BCUT2D eigenvalue weighted by Crippen LogP contribution is 2.30. The van der Waals surface area contributed by atoms with Crippen LogP contribution in [-0.2, 0) is 9.53 Å². The average Bonchev–Trinajstić information content (AvgIpc) is 2.78. The van der Waals surface area contributed by atoms with E-state index in [4.69, 9.17) is 4.74 Å². The van der Waals surface area contributed by atoms with Crippen LogP contribution in [0.3, 0.4) is 0 Å². The lowest BCUT2D eigenvalue weighted by molar-refractivity contribution is -0.138. The molecule has 0 N–H and O–H groups in total. The molecule has 2 rings (SSSR count). The summed E-state index contributed by atoms with van der Waals surface area (Å²) in [4.78, 5) is 15.9. The molecule has 1 aromatic heterocycles. The molecule has 2 aromatic rings. The SMILES string of the molecule is C=C(CSc1nc2ccccc2s1)C(=O)OCC. The van der Waals surface area contributed by atoms with Crippen molar-refractivity contribution in [3.05, 3.63) is 36.4 Å². The molecule has 1 aromatic carbocycles. The van der Waals surface area contributed by atoms with Crippen molar-refractivity contribution in [3.8, 4) is 0 Å². The van der Waals surface area contributed by atoms with E-state index in [-0.39, 0.29) is 5.97 Å². The largest absolute Gasteiger partial charge is 0.463 e. The molecule has 18 heavy (non-hydrogen) atoms. The highest BCUT2D eigenvalue weighted by molar-refractivity contribution is 8.01. The number of rotatable bonds is 5. The van der Waals surface area contributed by atoms with Gasteiger partial charge in [-0.2, -0.15) is 0 Å². The first kappa shape index (κ1) is 13.1. The molecule has 0 saturated heterocycles. The van der Waals surface area contributed by atoms with E-state index in [2.05, 4.69) is 11.6 Å². The van der Waals surface area contributed by atoms with E-state index in [1.807, 2.05) is 24.3 Å². The molecule has 0 unspecified atom stereocenters. The van der Waals surface area contributed by atoms with Gasteiger partial charge in [0.15, 0.2) is 4.34 Å². The number of hydrogen-bond donors (Lipinski definition) is 0. The van der Waals surface area contributed by atoms with E-state index in [1.165, 1.54) is 11.8 Å². The number of nitrogens with zero attached hydrogens (tertiary/aromatic N) is 1. The Balaban J connectivity index is 1.98. The van der Waals surface area contributed by atoms with Gasteiger partial charge in [-0.1, -0.05) is 30.5 Å². The highest BCUT2D eigenvalue weighted by atomic mass is 32.2. The molecule has 0 aliphatic rings. The van der Waals surface area contributed by atoms with Crippen molar-refractivity contribution in [2.45, 2.75) is 11.3 Å². The summed E-state index contributed by atoms with van der Waals surface area (Å²) >= 11 is 3.14. The number of fused-ring (bicyclic) bond motifs is 1. The van der Waals surface area contributed by atoms with E-state index in [0.717, 1.165) is 14.6 Å². The number of hydrogen-bond acceptors (Lipinski definition) is 5. The minimum Gasteiger partial charge on any atom is -0.463 e. The number of para-hydroxylation sites is 1. The van der Waals surface area contributed by atoms with Gasteiger partial charge in [0.25, 0.3) is 0 Å². The quantitative estimate of drug-likeness (QED) is 0.477. The highest BCUT2D eigenvalue weighted by Gasteiger charge is 2.10.